The van der Waals surface area contributed by atoms with Gasteiger partial charge in [0.1, 0.15) is 13.2 Å². The van der Waals surface area contributed by atoms with Gasteiger partial charge in [0.2, 0.25) is 5.91 Å². The predicted molar refractivity (Wildman–Crippen MR) is 231 cm³/mol. The van der Waals surface area contributed by atoms with Crippen LogP contribution in [0.25, 0.3) is 0 Å². The highest BCUT2D eigenvalue weighted by Crippen LogP contribution is 2.43. The van der Waals surface area contributed by atoms with Crippen molar-refractivity contribution in [2.45, 2.75) is 219 Å². The molecule has 0 rings (SSSR count). The molecule has 0 aromatic carbocycles. The molecule has 0 fully saturated rings. The van der Waals surface area contributed by atoms with Gasteiger partial charge in [0.05, 0.1) is 39.9 Å². The summed E-state index contributed by atoms with van der Waals surface area (Å²) in [5, 5.41) is 13.9. The number of phosphoric acid groups is 1. The van der Waals surface area contributed by atoms with Crippen molar-refractivity contribution in [1.29, 1.82) is 0 Å². The highest BCUT2D eigenvalue weighted by molar-refractivity contribution is 7.47. The van der Waals surface area contributed by atoms with E-state index < -0.39 is 20.0 Å². The summed E-state index contributed by atoms with van der Waals surface area (Å²) in [5.41, 5.74) is 0. The van der Waals surface area contributed by atoms with Crippen LogP contribution in [0.1, 0.15) is 206 Å². The van der Waals surface area contributed by atoms with Crippen molar-refractivity contribution < 1.29 is 32.9 Å². The molecule has 0 aromatic heterocycles. The summed E-state index contributed by atoms with van der Waals surface area (Å²) < 4.78 is 23.6. The Morgan fingerprint density at radius 1 is 0.630 bits per heavy atom. The van der Waals surface area contributed by atoms with Gasteiger partial charge in [-0.25, -0.2) is 4.57 Å². The number of allylic oxidation sites excluding steroid dienone is 4. The summed E-state index contributed by atoms with van der Waals surface area (Å²) in [6, 6.07) is -0.757. The van der Waals surface area contributed by atoms with Crippen LogP contribution >= 0.6 is 7.82 Å². The molecule has 0 aromatic rings. The number of aliphatic hydroxyl groups is 1. The number of carbonyl (C=O) groups excluding carboxylic acids is 1. The Labute approximate surface area is 334 Å². The average molecular weight is 786 g/mol. The molecule has 3 atom stereocenters. The molecule has 0 bridgehead atoms. The SMILES string of the molecule is CCCCCCC/C=C\C/C=C\CCCCCCCCCCCCCC(=O)NC(COP(=O)(O)OCC[N+](C)(C)C)C(O)CCCCCCCCCCC. The molecule has 54 heavy (non-hydrogen) atoms. The van der Waals surface area contributed by atoms with Crippen LogP contribution in [0.15, 0.2) is 24.3 Å². The number of nitrogens with zero attached hydrogens (tertiary/aromatic N) is 1. The van der Waals surface area contributed by atoms with Crippen molar-refractivity contribution >= 4 is 13.7 Å². The van der Waals surface area contributed by atoms with Gasteiger partial charge in [-0.2, -0.15) is 0 Å². The second kappa shape index (κ2) is 37.6. The molecular weight excluding hydrogens is 695 g/mol. The first-order valence-corrected chi connectivity index (χ1v) is 24.2. The van der Waals surface area contributed by atoms with Crippen LogP contribution in [-0.4, -0.2) is 73.4 Å². The van der Waals surface area contributed by atoms with Gasteiger partial charge in [-0.1, -0.05) is 179 Å². The quantitative estimate of drug-likeness (QED) is 0.0247. The fourth-order valence-corrected chi connectivity index (χ4v) is 7.28. The maximum absolute atomic E-state index is 12.9. The molecule has 3 unspecified atom stereocenters. The van der Waals surface area contributed by atoms with E-state index in [1.54, 1.807) is 0 Å². The fraction of sp³-hybridized carbons (Fsp3) is 0.889. The summed E-state index contributed by atoms with van der Waals surface area (Å²) in [5.74, 6) is -0.149. The lowest BCUT2D eigenvalue weighted by molar-refractivity contribution is -0.870. The Balaban J connectivity index is 4.17. The third-order valence-electron chi connectivity index (χ3n) is 10.2. The monoisotopic (exact) mass is 786 g/mol. The van der Waals surface area contributed by atoms with Crippen LogP contribution < -0.4 is 5.32 Å². The van der Waals surface area contributed by atoms with E-state index in [4.69, 9.17) is 9.05 Å². The summed E-state index contributed by atoms with van der Waals surface area (Å²) in [6.45, 7) is 4.85. The molecule has 0 radical (unpaired) electrons. The molecule has 0 aliphatic rings. The Bertz CT molecular complexity index is 938. The minimum absolute atomic E-state index is 0.0747. The molecule has 0 aliphatic carbocycles. The van der Waals surface area contributed by atoms with Crippen molar-refractivity contribution in [3.05, 3.63) is 24.3 Å². The molecule has 0 heterocycles. The first-order valence-electron chi connectivity index (χ1n) is 22.7. The molecule has 0 aliphatic heterocycles. The van der Waals surface area contributed by atoms with E-state index in [-0.39, 0.29) is 19.1 Å². The number of nitrogens with one attached hydrogen (secondary N) is 1. The number of phosphoric ester groups is 1. The van der Waals surface area contributed by atoms with E-state index in [9.17, 15) is 19.4 Å². The molecule has 320 valence electrons. The highest BCUT2D eigenvalue weighted by atomic mass is 31.2. The predicted octanol–water partition coefficient (Wildman–Crippen LogP) is 12.5. The van der Waals surface area contributed by atoms with E-state index in [1.807, 2.05) is 21.1 Å². The highest BCUT2D eigenvalue weighted by Gasteiger charge is 2.28. The van der Waals surface area contributed by atoms with Crippen molar-refractivity contribution in [2.24, 2.45) is 0 Å². The summed E-state index contributed by atoms with van der Waals surface area (Å²) in [4.78, 5) is 23.1. The van der Waals surface area contributed by atoms with Gasteiger partial charge >= 0.3 is 7.82 Å². The minimum atomic E-state index is -4.31. The van der Waals surface area contributed by atoms with E-state index in [0.29, 0.717) is 23.9 Å². The number of hydrogen-bond donors (Lipinski definition) is 3. The molecule has 9 heteroatoms. The normalized spacial score (nSPS) is 14.6. The fourth-order valence-electron chi connectivity index (χ4n) is 6.55. The second-order valence-corrected chi connectivity index (χ2v) is 18.2. The number of amides is 1. The zero-order chi connectivity index (χ0) is 40.0. The number of likely N-dealkylation sites (N-methyl/N-ethyl adjacent to an activating group) is 1. The first-order chi connectivity index (χ1) is 26.0. The van der Waals surface area contributed by atoms with Gasteiger partial charge in [0.15, 0.2) is 0 Å². The lowest BCUT2D eigenvalue weighted by Crippen LogP contribution is -2.46. The lowest BCUT2D eigenvalue weighted by atomic mass is 10.0. The number of rotatable bonds is 41. The molecular formula is C45H90N2O6P+. The Hall–Kier alpha value is -1.02. The van der Waals surface area contributed by atoms with Crippen molar-refractivity contribution in [2.75, 3.05) is 40.9 Å². The van der Waals surface area contributed by atoms with Crippen LogP contribution in [0.3, 0.4) is 0 Å². The van der Waals surface area contributed by atoms with Crippen LogP contribution in [0.4, 0.5) is 0 Å². The molecule has 3 N–H and O–H groups in total. The van der Waals surface area contributed by atoms with E-state index in [2.05, 4.69) is 43.5 Å². The zero-order valence-corrected chi connectivity index (χ0v) is 37.1. The maximum Gasteiger partial charge on any atom is 0.472 e. The lowest BCUT2D eigenvalue weighted by Gasteiger charge is -2.26. The number of aliphatic hydroxyl groups excluding tert-OH is 1. The Morgan fingerprint density at radius 2 is 1.06 bits per heavy atom. The van der Waals surface area contributed by atoms with Gasteiger partial charge in [-0.3, -0.25) is 13.8 Å². The minimum Gasteiger partial charge on any atom is -0.391 e. The Morgan fingerprint density at radius 3 is 1.52 bits per heavy atom. The van der Waals surface area contributed by atoms with E-state index >= 15 is 0 Å². The van der Waals surface area contributed by atoms with Crippen molar-refractivity contribution in [3.8, 4) is 0 Å². The summed E-state index contributed by atoms with van der Waals surface area (Å²) in [6.07, 6.45) is 43.6. The first kappa shape index (κ1) is 53.0. The Kier molecular flexibility index (Phi) is 36.8. The smallest absolute Gasteiger partial charge is 0.391 e. The zero-order valence-electron chi connectivity index (χ0n) is 36.2. The molecule has 0 saturated heterocycles. The number of hydrogen-bond acceptors (Lipinski definition) is 5. The van der Waals surface area contributed by atoms with Crippen LogP contribution in [0, 0.1) is 0 Å². The van der Waals surface area contributed by atoms with Crippen LogP contribution in [-0.2, 0) is 18.4 Å². The summed E-state index contributed by atoms with van der Waals surface area (Å²) >= 11 is 0. The van der Waals surface area contributed by atoms with Crippen molar-refractivity contribution in [3.63, 3.8) is 0 Å². The van der Waals surface area contributed by atoms with Gasteiger partial charge in [0, 0.05) is 6.42 Å². The molecule has 0 saturated carbocycles. The van der Waals surface area contributed by atoms with Gasteiger partial charge in [0.25, 0.3) is 0 Å². The number of quaternary nitrogens is 1. The topological polar surface area (TPSA) is 105 Å². The molecule has 8 nitrogen and oxygen atoms in total. The second-order valence-electron chi connectivity index (χ2n) is 16.8. The van der Waals surface area contributed by atoms with Gasteiger partial charge in [-0.05, 0) is 44.9 Å². The molecule has 1 amide bonds. The van der Waals surface area contributed by atoms with Crippen LogP contribution in [0.2, 0.25) is 0 Å². The van der Waals surface area contributed by atoms with Gasteiger partial charge in [-0.15, -0.1) is 0 Å². The number of carbonyl (C=O) groups is 1. The van der Waals surface area contributed by atoms with Crippen LogP contribution in [0.5, 0.6) is 0 Å². The maximum atomic E-state index is 12.9. The number of unbranched alkanes of at least 4 members (excludes halogenated alkanes) is 24. The largest absolute Gasteiger partial charge is 0.472 e. The van der Waals surface area contributed by atoms with Crippen molar-refractivity contribution in [1.82, 2.24) is 5.32 Å². The van der Waals surface area contributed by atoms with Gasteiger partial charge < -0.3 is 19.8 Å². The third kappa shape index (κ3) is 39.2. The third-order valence-corrected chi connectivity index (χ3v) is 11.2. The standard InChI is InChI=1S/C45H89N2O6P/c1-6-8-10-12-14-16-17-18-19-20-21-22-23-24-25-26-27-28-29-31-33-35-37-39-45(49)46-43(42-53-54(50,51)52-41-40-47(3,4)5)44(48)38-36-34-32-30-15-13-11-9-7-2/h17-18,20-21,43-44,48H,6-16,19,22-42H2,1-5H3,(H-,46,49,50,51)/p+1/b18-17-,21-20-. The molecule has 0 spiro atoms. The van der Waals surface area contributed by atoms with E-state index in [0.717, 1.165) is 44.9 Å². The van der Waals surface area contributed by atoms with E-state index in [1.165, 1.54) is 135 Å². The average Bonchev–Trinajstić information content (AvgIpc) is 3.12. The summed E-state index contributed by atoms with van der Waals surface area (Å²) in [7, 11) is 1.61.